The van der Waals surface area contributed by atoms with E-state index in [1.165, 1.54) is 0 Å². The van der Waals surface area contributed by atoms with Crippen LogP contribution in [-0.4, -0.2) is 29.2 Å². The van der Waals surface area contributed by atoms with Crippen molar-refractivity contribution in [1.29, 1.82) is 0 Å². The predicted molar refractivity (Wildman–Crippen MR) is 71.1 cm³/mol. The molecule has 1 amide bonds. The van der Waals surface area contributed by atoms with Crippen LogP contribution in [0.2, 0.25) is 0 Å². The maximum Gasteiger partial charge on any atom is 0.235 e. The summed E-state index contributed by atoms with van der Waals surface area (Å²) < 4.78 is 0. The minimum atomic E-state index is -0.640. The van der Waals surface area contributed by atoms with Crippen LogP contribution in [0, 0.1) is 5.41 Å². The Bertz CT molecular complexity index is 258. The second-order valence-electron chi connectivity index (χ2n) is 6.01. The highest BCUT2D eigenvalue weighted by molar-refractivity contribution is 5.85. The fraction of sp³-hybridized carbons (Fsp3) is 0.917. The van der Waals surface area contributed by atoms with Gasteiger partial charge in [-0.05, 0) is 18.3 Å². The normalized spacial score (nSPS) is 20.7. The quantitative estimate of drug-likeness (QED) is 0.714. The molecular formula is C12H25ClN2O2. The number of halogens is 1. The molecule has 1 aliphatic carbocycles. The van der Waals surface area contributed by atoms with Gasteiger partial charge in [0.15, 0.2) is 0 Å². The molecule has 1 saturated carbocycles. The maximum atomic E-state index is 11.3. The Morgan fingerprint density at radius 3 is 2.24 bits per heavy atom. The number of carbonyl (C=O) groups excluding carboxylic acids is 1. The Kier molecular flexibility index (Phi) is 5.91. The van der Waals surface area contributed by atoms with E-state index in [1.54, 1.807) is 0 Å². The second kappa shape index (κ2) is 6.03. The first-order chi connectivity index (χ1) is 7.25. The second-order valence-corrected chi connectivity index (χ2v) is 6.01. The van der Waals surface area contributed by atoms with Crippen molar-refractivity contribution in [3.8, 4) is 0 Å². The van der Waals surface area contributed by atoms with Gasteiger partial charge in [-0.3, -0.25) is 4.79 Å². The molecule has 1 atom stereocenters. The summed E-state index contributed by atoms with van der Waals surface area (Å²) in [5.74, 6) is -0.353. The van der Waals surface area contributed by atoms with Crippen LogP contribution in [0.4, 0.5) is 0 Å². The Balaban J connectivity index is 0.00000256. The van der Waals surface area contributed by atoms with E-state index >= 15 is 0 Å². The Morgan fingerprint density at radius 1 is 1.41 bits per heavy atom. The Labute approximate surface area is 110 Å². The molecule has 0 heterocycles. The van der Waals surface area contributed by atoms with Crippen molar-refractivity contribution in [3.05, 3.63) is 0 Å². The summed E-state index contributed by atoms with van der Waals surface area (Å²) in [5.41, 5.74) is 4.51. The molecule has 17 heavy (non-hydrogen) atoms. The number of primary amides is 1. The molecule has 1 rings (SSSR count). The number of carbonyl (C=O) groups is 1. The van der Waals surface area contributed by atoms with E-state index in [0.29, 0.717) is 6.54 Å². The van der Waals surface area contributed by atoms with Crippen LogP contribution in [0.5, 0.6) is 0 Å². The summed E-state index contributed by atoms with van der Waals surface area (Å²) in [6.07, 6.45) is 3.76. The zero-order valence-electron chi connectivity index (χ0n) is 11.0. The van der Waals surface area contributed by atoms with Gasteiger partial charge in [-0.15, -0.1) is 12.4 Å². The summed E-state index contributed by atoms with van der Waals surface area (Å²) in [6.45, 7) is 6.36. The smallest absolute Gasteiger partial charge is 0.235 e. The third-order valence-electron chi connectivity index (χ3n) is 3.32. The van der Waals surface area contributed by atoms with E-state index in [0.717, 1.165) is 25.7 Å². The highest BCUT2D eigenvalue weighted by atomic mass is 35.5. The molecule has 0 unspecified atom stereocenters. The van der Waals surface area contributed by atoms with Gasteiger partial charge in [0.2, 0.25) is 5.91 Å². The lowest BCUT2D eigenvalue weighted by atomic mass is 9.85. The zero-order valence-corrected chi connectivity index (χ0v) is 11.8. The van der Waals surface area contributed by atoms with Gasteiger partial charge in [-0.1, -0.05) is 33.6 Å². The molecule has 0 radical (unpaired) electrons. The van der Waals surface area contributed by atoms with Gasteiger partial charge in [0.05, 0.1) is 11.6 Å². The summed E-state index contributed by atoms with van der Waals surface area (Å²) in [6, 6.07) is -0.392. The van der Waals surface area contributed by atoms with Gasteiger partial charge in [-0.2, -0.15) is 0 Å². The highest BCUT2D eigenvalue weighted by Gasteiger charge is 2.35. The fourth-order valence-corrected chi connectivity index (χ4v) is 2.34. The molecule has 1 fully saturated rings. The van der Waals surface area contributed by atoms with Crippen LogP contribution >= 0.6 is 12.4 Å². The summed E-state index contributed by atoms with van der Waals surface area (Å²) in [7, 11) is 0. The minimum absolute atomic E-state index is 0. The fourth-order valence-electron chi connectivity index (χ4n) is 2.34. The number of nitrogens with one attached hydrogen (secondary N) is 1. The SMILES string of the molecule is CC(C)(C)[C@H](NCC1(O)CCCC1)C(N)=O.Cl. The van der Waals surface area contributed by atoms with Crippen molar-refractivity contribution in [1.82, 2.24) is 5.32 Å². The first-order valence-electron chi connectivity index (χ1n) is 6.00. The van der Waals surface area contributed by atoms with Crippen molar-refractivity contribution in [2.75, 3.05) is 6.54 Å². The summed E-state index contributed by atoms with van der Waals surface area (Å²) >= 11 is 0. The molecule has 0 saturated heterocycles. The van der Waals surface area contributed by atoms with Crippen molar-refractivity contribution in [2.45, 2.75) is 58.1 Å². The Hall–Kier alpha value is -0.320. The number of rotatable bonds is 4. The molecule has 0 aromatic carbocycles. The van der Waals surface area contributed by atoms with Crippen molar-refractivity contribution in [2.24, 2.45) is 11.1 Å². The average Bonchev–Trinajstić information content (AvgIpc) is 2.49. The topological polar surface area (TPSA) is 75.3 Å². The molecular weight excluding hydrogens is 240 g/mol. The maximum absolute atomic E-state index is 11.3. The lowest BCUT2D eigenvalue weighted by Gasteiger charge is -2.32. The third kappa shape index (κ3) is 4.82. The van der Waals surface area contributed by atoms with Crippen LogP contribution in [0.15, 0.2) is 0 Å². The lowest BCUT2D eigenvalue weighted by molar-refractivity contribution is -0.122. The molecule has 0 spiro atoms. The third-order valence-corrected chi connectivity index (χ3v) is 3.32. The van der Waals surface area contributed by atoms with Crippen LogP contribution < -0.4 is 11.1 Å². The number of amides is 1. The molecule has 0 bridgehead atoms. The van der Waals surface area contributed by atoms with Gasteiger partial charge < -0.3 is 16.2 Å². The minimum Gasteiger partial charge on any atom is -0.389 e. The zero-order chi connectivity index (χ0) is 12.4. The van der Waals surface area contributed by atoms with Crippen LogP contribution in [0.25, 0.3) is 0 Å². The van der Waals surface area contributed by atoms with E-state index in [4.69, 9.17) is 5.73 Å². The lowest BCUT2D eigenvalue weighted by Crippen LogP contribution is -2.53. The number of aliphatic hydroxyl groups is 1. The van der Waals surface area contributed by atoms with Gasteiger partial charge >= 0.3 is 0 Å². The van der Waals surface area contributed by atoms with E-state index in [2.05, 4.69) is 5.32 Å². The van der Waals surface area contributed by atoms with Crippen molar-refractivity contribution in [3.63, 3.8) is 0 Å². The first-order valence-corrected chi connectivity index (χ1v) is 6.00. The largest absolute Gasteiger partial charge is 0.389 e. The Morgan fingerprint density at radius 2 is 1.88 bits per heavy atom. The molecule has 4 nitrogen and oxygen atoms in total. The van der Waals surface area contributed by atoms with Crippen molar-refractivity contribution < 1.29 is 9.90 Å². The van der Waals surface area contributed by atoms with Crippen LogP contribution in [0.1, 0.15) is 46.5 Å². The van der Waals surface area contributed by atoms with Gasteiger partial charge in [-0.25, -0.2) is 0 Å². The van der Waals surface area contributed by atoms with Gasteiger partial charge in [0.25, 0.3) is 0 Å². The number of hydrogen-bond donors (Lipinski definition) is 3. The summed E-state index contributed by atoms with van der Waals surface area (Å²) in [5, 5.41) is 13.3. The molecule has 0 aromatic rings. The van der Waals surface area contributed by atoms with E-state index in [-0.39, 0.29) is 23.7 Å². The van der Waals surface area contributed by atoms with Gasteiger partial charge in [0.1, 0.15) is 0 Å². The number of nitrogens with two attached hydrogens (primary N) is 1. The average molecular weight is 265 g/mol. The van der Waals surface area contributed by atoms with E-state index < -0.39 is 11.6 Å². The molecule has 4 N–H and O–H groups in total. The monoisotopic (exact) mass is 264 g/mol. The molecule has 5 heteroatoms. The van der Waals surface area contributed by atoms with E-state index in [1.807, 2.05) is 20.8 Å². The standard InChI is InChI=1S/C12H24N2O2.ClH/c1-11(2,3)9(10(13)15)14-8-12(16)6-4-5-7-12;/h9,14,16H,4-8H2,1-3H3,(H2,13,15);1H/t9-;/m1./s1. The van der Waals surface area contributed by atoms with Crippen molar-refractivity contribution >= 4 is 18.3 Å². The van der Waals surface area contributed by atoms with E-state index in [9.17, 15) is 9.90 Å². The predicted octanol–water partition coefficient (Wildman–Crippen LogP) is 1.20. The summed E-state index contributed by atoms with van der Waals surface area (Å²) in [4.78, 5) is 11.3. The first kappa shape index (κ1) is 16.7. The molecule has 102 valence electrons. The van der Waals surface area contributed by atoms with Crippen LogP contribution in [-0.2, 0) is 4.79 Å². The highest BCUT2D eigenvalue weighted by Crippen LogP contribution is 2.29. The molecule has 0 aromatic heterocycles. The van der Waals surface area contributed by atoms with Gasteiger partial charge in [0, 0.05) is 6.54 Å². The number of hydrogen-bond acceptors (Lipinski definition) is 3. The molecule has 0 aliphatic heterocycles. The van der Waals surface area contributed by atoms with Crippen LogP contribution in [0.3, 0.4) is 0 Å². The molecule has 1 aliphatic rings.